The van der Waals surface area contributed by atoms with E-state index < -0.39 is 0 Å². The smallest absolute Gasteiger partial charge is 0.318 e. The van der Waals surface area contributed by atoms with Crippen LogP contribution in [0.2, 0.25) is 0 Å². The number of piperazine rings is 1. The van der Waals surface area contributed by atoms with Crippen LogP contribution in [0.5, 0.6) is 0 Å². The maximum absolute atomic E-state index is 12.4. The molecule has 1 saturated heterocycles. The lowest BCUT2D eigenvalue weighted by atomic mass is 9.87. The van der Waals surface area contributed by atoms with Gasteiger partial charge in [0.15, 0.2) is 0 Å². The molecule has 2 heterocycles. The largest absolute Gasteiger partial charge is 0.350 e. The van der Waals surface area contributed by atoms with Crippen LogP contribution in [0.1, 0.15) is 31.2 Å². The predicted molar refractivity (Wildman–Crippen MR) is 77.4 cm³/mol. The summed E-state index contributed by atoms with van der Waals surface area (Å²) in [6, 6.07) is 3.84. The van der Waals surface area contributed by atoms with Crippen molar-refractivity contribution in [3.05, 3.63) is 30.1 Å². The van der Waals surface area contributed by atoms with E-state index in [0.717, 1.165) is 31.2 Å². The number of pyridine rings is 1. The lowest BCUT2D eigenvalue weighted by molar-refractivity contribution is -0.126. The number of carbonyl (C=O) groups excluding carboxylic acids is 2. The van der Waals surface area contributed by atoms with E-state index in [1.54, 1.807) is 17.3 Å². The van der Waals surface area contributed by atoms with Crippen LogP contribution in [0.15, 0.2) is 24.5 Å². The summed E-state index contributed by atoms with van der Waals surface area (Å²) in [5.74, 6) is -0.0605. The molecule has 6 heteroatoms. The van der Waals surface area contributed by atoms with Gasteiger partial charge in [0.05, 0.1) is 6.04 Å². The molecule has 0 bridgehead atoms. The normalized spacial score (nSPS) is 25.0. The van der Waals surface area contributed by atoms with Gasteiger partial charge in [0.1, 0.15) is 6.54 Å². The third-order valence-corrected chi connectivity index (χ3v) is 4.22. The molecule has 3 rings (SSSR count). The van der Waals surface area contributed by atoms with Gasteiger partial charge in [-0.2, -0.15) is 0 Å². The average Bonchev–Trinajstić information content (AvgIpc) is 2.52. The van der Waals surface area contributed by atoms with E-state index in [2.05, 4.69) is 15.6 Å². The van der Waals surface area contributed by atoms with Crippen molar-refractivity contribution in [1.82, 2.24) is 20.5 Å². The molecule has 2 atom stereocenters. The van der Waals surface area contributed by atoms with Crippen LogP contribution in [0.25, 0.3) is 0 Å². The molecule has 1 saturated carbocycles. The van der Waals surface area contributed by atoms with Gasteiger partial charge in [-0.1, -0.05) is 18.9 Å². The molecule has 1 aliphatic heterocycles. The highest BCUT2D eigenvalue weighted by Crippen LogP contribution is 2.25. The van der Waals surface area contributed by atoms with Crippen LogP contribution in [0, 0.1) is 0 Å². The second-order valence-electron chi connectivity index (χ2n) is 5.67. The lowest BCUT2D eigenvalue weighted by Gasteiger charge is -2.43. The number of urea groups is 1. The zero-order valence-electron chi connectivity index (χ0n) is 11.9. The molecule has 112 valence electrons. The lowest BCUT2D eigenvalue weighted by Crippen LogP contribution is -2.64. The third kappa shape index (κ3) is 3.15. The topological polar surface area (TPSA) is 74.3 Å². The number of aromatic nitrogens is 1. The van der Waals surface area contributed by atoms with E-state index in [1.807, 2.05) is 12.1 Å². The van der Waals surface area contributed by atoms with E-state index >= 15 is 0 Å². The van der Waals surface area contributed by atoms with Crippen LogP contribution >= 0.6 is 0 Å². The molecule has 1 aliphatic carbocycles. The first kappa shape index (κ1) is 13.9. The number of nitrogens with zero attached hydrogens (tertiary/aromatic N) is 2. The first-order valence-corrected chi connectivity index (χ1v) is 7.47. The summed E-state index contributed by atoms with van der Waals surface area (Å²) in [6.07, 6.45) is 7.59. The maximum Gasteiger partial charge on any atom is 0.318 e. The van der Waals surface area contributed by atoms with E-state index in [9.17, 15) is 9.59 Å². The van der Waals surface area contributed by atoms with Gasteiger partial charge < -0.3 is 15.5 Å². The molecule has 0 unspecified atom stereocenters. The van der Waals surface area contributed by atoms with Crippen molar-refractivity contribution in [2.24, 2.45) is 0 Å². The molecular formula is C15H20N4O2. The summed E-state index contributed by atoms with van der Waals surface area (Å²) >= 11 is 0. The Balaban J connectivity index is 1.63. The number of hydrogen-bond donors (Lipinski definition) is 2. The Hall–Kier alpha value is -2.11. The van der Waals surface area contributed by atoms with Crippen LogP contribution in [0.4, 0.5) is 4.79 Å². The van der Waals surface area contributed by atoms with E-state index in [1.165, 1.54) is 0 Å². The molecule has 0 spiro atoms. The molecule has 21 heavy (non-hydrogen) atoms. The zero-order valence-corrected chi connectivity index (χ0v) is 11.9. The monoisotopic (exact) mass is 288 g/mol. The summed E-state index contributed by atoms with van der Waals surface area (Å²) in [5, 5.41) is 5.90. The predicted octanol–water partition coefficient (Wildman–Crippen LogP) is 1.03. The number of fused-ring (bicyclic) bond motifs is 1. The third-order valence-electron chi connectivity index (χ3n) is 4.22. The SMILES string of the molecule is O=C1CN(C(=O)NCc2cccnc2)[C@@H]2CCCC[C@H]2N1. The second kappa shape index (κ2) is 6.11. The van der Waals surface area contributed by atoms with Gasteiger partial charge in [0.2, 0.25) is 5.91 Å². The Morgan fingerprint density at radius 3 is 3.10 bits per heavy atom. The zero-order chi connectivity index (χ0) is 14.7. The van der Waals surface area contributed by atoms with Crippen molar-refractivity contribution in [3.8, 4) is 0 Å². The van der Waals surface area contributed by atoms with Crippen molar-refractivity contribution < 1.29 is 9.59 Å². The summed E-state index contributed by atoms with van der Waals surface area (Å²) < 4.78 is 0. The Bertz CT molecular complexity index is 520. The van der Waals surface area contributed by atoms with E-state index in [0.29, 0.717) is 6.54 Å². The summed E-state index contributed by atoms with van der Waals surface area (Å²) in [6.45, 7) is 0.586. The molecule has 1 aromatic rings. The van der Waals surface area contributed by atoms with Crippen molar-refractivity contribution >= 4 is 11.9 Å². The Labute approximate surface area is 123 Å². The van der Waals surface area contributed by atoms with Gasteiger partial charge in [-0.25, -0.2) is 4.79 Å². The Kier molecular flexibility index (Phi) is 4.03. The minimum absolute atomic E-state index is 0.0605. The number of carbonyl (C=O) groups is 2. The van der Waals surface area contributed by atoms with E-state index in [4.69, 9.17) is 0 Å². The summed E-state index contributed by atoms with van der Waals surface area (Å²) in [4.78, 5) is 29.9. The first-order chi connectivity index (χ1) is 10.2. The highest BCUT2D eigenvalue weighted by Gasteiger charge is 2.38. The molecule has 6 nitrogen and oxygen atoms in total. The number of amides is 3. The molecule has 0 aromatic carbocycles. The van der Waals surface area contributed by atoms with Crippen LogP contribution in [-0.4, -0.2) is 40.5 Å². The van der Waals surface area contributed by atoms with Crippen molar-refractivity contribution in [1.29, 1.82) is 0 Å². The molecule has 2 fully saturated rings. The quantitative estimate of drug-likeness (QED) is 0.853. The first-order valence-electron chi connectivity index (χ1n) is 7.47. The van der Waals surface area contributed by atoms with Gasteiger partial charge in [0.25, 0.3) is 0 Å². The van der Waals surface area contributed by atoms with Crippen molar-refractivity contribution in [2.75, 3.05) is 6.54 Å². The van der Waals surface area contributed by atoms with Gasteiger partial charge in [-0.05, 0) is 24.5 Å². The van der Waals surface area contributed by atoms with Crippen molar-refractivity contribution in [3.63, 3.8) is 0 Å². The van der Waals surface area contributed by atoms with Crippen LogP contribution in [0.3, 0.4) is 0 Å². The molecule has 2 N–H and O–H groups in total. The molecular weight excluding hydrogens is 268 g/mol. The molecule has 2 aliphatic rings. The molecule has 3 amide bonds. The highest BCUT2D eigenvalue weighted by atomic mass is 16.2. The fourth-order valence-electron chi connectivity index (χ4n) is 3.18. The Morgan fingerprint density at radius 1 is 1.43 bits per heavy atom. The van der Waals surface area contributed by atoms with E-state index in [-0.39, 0.29) is 30.6 Å². The van der Waals surface area contributed by atoms with Gasteiger partial charge in [-0.3, -0.25) is 9.78 Å². The fourth-order valence-corrected chi connectivity index (χ4v) is 3.18. The highest BCUT2D eigenvalue weighted by molar-refractivity contribution is 5.86. The molecule has 0 radical (unpaired) electrons. The second-order valence-corrected chi connectivity index (χ2v) is 5.67. The standard InChI is InChI=1S/C15H20N4O2/c20-14-10-19(13-6-2-1-5-12(13)18-14)15(21)17-9-11-4-3-7-16-8-11/h3-4,7-8,12-13H,1-2,5-6,9-10H2,(H,17,21)(H,18,20)/t12-,13-/m1/s1. The molecule has 1 aromatic heterocycles. The summed E-state index contributed by atoms with van der Waals surface area (Å²) in [7, 11) is 0. The fraction of sp³-hybridized carbons (Fsp3) is 0.533. The summed E-state index contributed by atoms with van der Waals surface area (Å²) in [5.41, 5.74) is 0.951. The number of nitrogens with one attached hydrogen (secondary N) is 2. The van der Waals surface area contributed by atoms with Crippen LogP contribution < -0.4 is 10.6 Å². The van der Waals surface area contributed by atoms with Crippen LogP contribution in [-0.2, 0) is 11.3 Å². The number of hydrogen-bond acceptors (Lipinski definition) is 3. The van der Waals surface area contributed by atoms with Gasteiger partial charge in [0, 0.05) is 25.0 Å². The Morgan fingerprint density at radius 2 is 2.29 bits per heavy atom. The minimum Gasteiger partial charge on any atom is -0.350 e. The van der Waals surface area contributed by atoms with Gasteiger partial charge in [-0.15, -0.1) is 0 Å². The minimum atomic E-state index is -0.161. The number of rotatable bonds is 2. The van der Waals surface area contributed by atoms with Crippen molar-refractivity contribution in [2.45, 2.75) is 44.3 Å². The van der Waals surface area contributed by atoms with Gasteiger partial charge >= 0.3 is 6.03 Å². The maximum atomic E-state index is 12.4. The average molecular weight is 288 g/mol.